The lowest BCUT2D eigenvalue weighted by atomic mass is 10.0. The zero-order chi connectivity index (χ0) is 27.7. The van der Waals surface area contributed by atoms with Crippen LogP contribution in [0.15, 0.2) is 60.7 Å². The zero-order valence-corrected chi connectivity index (χ0v) is 20.9. The molecule has 38 heavy (non-hydrogen) atoms. The van der Waals surface area contributed by atoms with E-state index in [1.807, 2.05) is 36.4 Å². The molecule has 0 unspecified atom stereocenters. The average molecular weight is 524 g/mol. The van der Waals surface area contributed by atoms with Crippen LogP contribution in [0.2, 0.25) is 0 Å². The molecule has 0 aliphatic carbocycles. The minimum absolute atomic E-state index is 0.0927. The Hall–Kier alpha value is -4.25. The number of carbonyl (C=O) groups is 5. The van der Waals surface area contributed by atoms with E-state index in [4.69, 9.17) is 11.5 Å². The second-order valence-corrected chi connectivity index (χ2v) is 9.31. The maximum absolute atomic E-state index is 13.4. The van der Waals surface area contributed by atoms with E-state index < -0.39 is 60.2 Å². The summed E-state index contributed by atoms with van der Waals surface area (Å²) >= 11 is 0. The number of likely N-dealkylation sites (tertiary alicyclic amines) is 1. The second-order valence-electron chi connectivity index (χ2n) is 9.31. The third-order valence-corrected chi connectivity index (χ3v) is 6.39. The Balaban J connectivity index is 1.77. The van der Waals surface area contributed by atoms with E-state index in [1.165, 1.54) is 0 Å². The summed E-state index contributed by atoms with van der Waals surface area (Å²) < 4.78 is 0. The Bertz CT molecular complexity index is 1140. The van der Waals surface area contributed by atoms with Gasteiger partial charge in [-0.05, 0) is 30.4 Å². The van der Waals surface area contributed by atoms with Gasteiger partial charge in [-0.3, -0.25) is 19.2 Å². The standard InChI is InChI=1S/C27H33N5O6/c28-19(14-17-8-3-1-4-9-17)24(34)30-20(15-18-10-5-2-6-11-18)25(35)31-21(16-23(29)33)26(36)32-13-7-12-22(32)27(37)38/h1-6,8-11,19-22H,7,12-16,28H2,(H2,29,33)(H,30,34)(H,31,35)(H,37,38)/t19-,20-,21-,22-/m0/s1. The third-order valence-electron chi connectivity index (χ3n) is 6.39. The highest BCUT2D eigenvalue weighted by Gasteiger charge is 2.39. The molecule has 1 saturated heterocycles. The highest BCUT2D eigenvalue weighted by atomic mass is 16.4. The molecule has 2 aromatic carbocycles. The minimum atomic E-state index is -1.38. The number of benzene rings is 2. The van der Waals surface area contributed by atoms with Crippen molar-refractivity contribution in [1.82, 2.24) is 15.5 Å². The molecule has 7 N–H and O–H groups in total. The van der Waals surface area contributed by atoms with E-state index >= 15 is 0 Å². The van der Waals surface area contributed by atoms with E-state index in [1.54, 1.807) is 24.3 Å². The van der Waals surface area contributed by atoms with Crippen molar-refractivity contribution in [1.29, 1.82) is 0 Å². The van der Waals surface area contributed by atoms with Gasteiger partial charge in [0, 0.05) is 13.0 Å². The van der Waals surface area contributed by atoms with Gasteiger partial charge in [0.1, 0.15) is 18.1 Å². The Morgan fingerprint density at radius 2 is 1.42 bits per heavy atom. The molecular formula is C27H33N5O6. The number of carboxylic acid groups (broad SMARTS) is 1. The van der Waals surface area contributed by atoms with Crippen molar-refractivity contribution < 1.29 is 29.1 Å². The molecule has 202 valence electrons. The molecule has 0 saturated carbocycles. The molecule has 11 heteroatoms. The van der Waals surface area contributed by atoms with Crippen LogP contribution in [0.5, 0.6) is 0 Å². The number of nitrogens with one attached hydrogen (secondary N) is 2. The first-order valence-electron chi connectivity index (χ1n) is 12.4. The highest BCUT2D eigenvalue weighted by Crippen LogP contribution is 2.19. The number of carboxylic acids is 1. The van der Waals surface area contributed by atoms with Crippen LogP contribution in [0.25, 0.3) is 0 Å². The van der Waals surface area contributed by atoms with E-state index in [9.17, 15) is 29.1 Å². The van der Waals surface area contributed by atoms with E-state index in [0.29, 0.717) is 6.42 Å². The fourth-order valence-electron chi connectivity index (χ4n) is 4.46. The SMILES string of the molecule is NC(=O)C[C@H](NC(=O)[C@H](Cc1ccccc1)NC(=O)[C@@H](N)Cc1ccccc1)C(=O)N1CCC[C@H]1C(=O)O. The summed E-state index contributed by atoms with van der Waals surface area (Å²) in [5.41, 5.74) is 13.0. The van der Waals surface area contributed by atoms with Crippen LogP contribution in [0.4, 0.5) is 0 Å². The van der Waals surface area contributed by atoms with Gasteiger partial charge in [-0.2, -0.15) is 0 Å². The average Bonchev–Trinajstić information content (AvgIpc) is 3.39. The summed E-state index contributed by atoms with van der Waals surface area (Å²) in [6.45, 7) is 0.180. The van der Waals surface area contributed by atoms with Crippen molar-refractivity contribution in [2.75, 3.05) is 6.54 Å². The van der Waals surface area contributed by atoms with Crippen molar-refractivity contribution in [2.45, 2.75) is 56.3 Å². The first-order chi connectivity index (χ1) is 18.2. The van der Waals surface area contributed by atoms with Crippen LogP contribution in [-0.4, -0.2) is 70.3 Å². The van der Waals surface area contributed by atoms with Gasteiger partial charge in [0.25, 0.3) is 0 Å². The monoisotopic (exact) mass is 523 g/mol. The number of nitrogens with two attached hydrogens (primary N) is 2. The van der Waals surface area contributed by atoms with Crippen LogP contribution in [-0.2, 0) is 36.8 Å². The van der Waals surface area contributed by atoms with Gasteiger partial charge in [0.2, 0.25) is 23.6 Å². The third kappa shape index (κ3) is 7.87. The molecule has 0 aromatic heterocycles. The Kier molecular flexibility index (Phi) is 9.94. The van der Waals surface area contributed by atoms with Crippen molar-refractivity contribution in [3.63, 3.8) is 0 Å². The number of amides is 4. The van der Waals surface area contributed by atoms with E-state index in [2.05, 4.69) is 10.6 Å². The van der Waals surface area contributed by atoms with Gasteiger partial charge in [0.05, 0.1) is 12.5 Å². The van der Waals surface area contributed by atoms with E-state index in [0.717, 1.165) is 16.0 Å². The molecule has 1 fully saturated rings. The first-order valence-corrected chi connectivity index (χ1v) is 12.4. The fraction of sp³-hybridized carbons (Fsp3) is 0.370. The number of aliphatic carboxylic acids is 1. The highest BCUT2D eigenvalue weighted by molar-refractivity contribution is 5.96. The molecule has 11 nitrogen and oxygen atoms in total. The number of nitrogens with zero attached hydrogens (tertiary/aromatic N) is 1. The Labute approximate surface area is 220 Å². The maximum Gasteiger partial charge on any atom is 0.326 e. The summed E-state index contributed by atoms with van der Waals surface area (Å²) in [6, 6.07) is 13.6. The van der Waals surface area contributed by atoms with Crippen LogP contribution in [0.1, 0.15) is 30.4 Å². The van der Waals surface area contributed by atoms with Crippen molar-refractivity contribution in [2.24, 2.45) is 11.5 Å². The van der Waals surface area contributed by atoms with Gasteiger partial charge < -0.3 is 32.1 Å². The summed E-state index contributed by atoms with van der Waals surface area (Å²) in [5.74, 6) is -4.01. The molecule has 4 amide bonds. The summed E-state index contributed by atoms with van der Waals surface area (Å²) in [7, 11) is 0. The number of hydrogen-bond donors (Lipinski definition) is 5. The molecule has 0 spiro atoms. The van der Waals surface area contributed by atoms with E-state index in [-0.39, 0.29) is 25.8 Å². The lowest BCUT2D eigenvalue weighted by Crippen LogP contribution is -2.58. The Morgan fingerprint density at radius 1 is 0.868 bits per heavy atom. The maximum atomic E-state index is 13.4. The largest absolute Gasteiger partial charge is 0.480 e. The van der Waals surface area contributed by atoms with Crippen molar-refractivity contribution in [3.8, 4) is 0 Å². The van der Waals surface area contributed by atoms with Crippen LogP contribution < -0.4 is 22.1 Å². The van der Waals surface area contributed by atoms with Gasteiger partial charge in [-0.1, -0.05) is 60.7 Å². The molecule has 2 aromatic rings. The number of rotatable bonds is 12. The van der Waals surface area contributed by atoms with Crippen LogP contribution in [0, 0.1) is 0 Å². The quantitative estimate of drug-likeness (QED) is 0.253. The first kappa shape index (κ1) is 28.3. The molecule has 3 rings (SSSR count). The molecule has 1 aliphatic rings. The van der Waals surface area contributed by atoms with Crippen LogP contribution in [0.3, 0.4) is 0 Å². The van der Waals surface area contributed by atoms with Crippen LogP contribution >= 0.6 is 0 Å². The molecular weight excluding hydrogens is 490 g/mol. The van der Waals surface area contributed by atoms with Gasteiger partial charge >= 0.3 is 5.97 Å². The van der Waals surface area contributed by atoms with Gasteiger partial charge in [0.15, 0.2) is 0 Å². The van der Waals surface area contributed by atoms with Crippen molar-refractivity contribution >= 4 is 29.6 Å². The lowest BCUT2D eigenvalue weighted by molar-refractivity contribution is -0.149. The molecule has 1 aliphatic heterocycles. The summed E-state index contributed by atoms with van der Waals surface area (Å²) in [6.07, 6.45) is 0.569. The van der Waals surface area contributed by atoms with Gasteiger partial charge in [-0.25, -0.2) is 4.79 Å². The smallest absolute Gasteiger partial charge is 0.326 e. The fourth-order valence-corrected chi connectivity index (χ4v) is 4.46. The number of primary amides is 1. The number of carbonyl (C=O) groups excluding carboxylic acids is 4. The summed E-state index contributed by atoms with van der Waals surface area (Å²) in [5, 5.41) is 14.6. The minimum Gasteiger partial charge on any atom is -0.480 e. The van der Waals surface area contributed by atoms with Crippen molar-refractivity contribution in [3.05, 3.63) is 71.8 Å². The topological polar surface area (TPSA) is 185 Å². The van der Waals surface area contributed by atoms with Gasteiger partial charge in [-0.15, -0.1) is 0 Å². The normalized spacial score (nSPS) is 17.2. The molecule has 0 radical (unpaired) electrons. The summed E-state index contributed by atoms with van der Waals surface area (Å²) in [4.78, 5) is 63.9. The Morgan fingerprint density at radius 3 is 1.97 bits per heavy atom. The molecule has 1 heterocycles. The lowest BCUT2D eigenvalue weighted by Gasteiger charge is -2.28. The second kappa shape index (κ2) is 13.3. The number of hydrogen-bond acceptors (Lipinski definition) is 6. The molecule has 4 atom stereocenters. The predicted molar refractivity (Wildman–Crippen MR) is 138 cm³/mol. The predicted octanol–water partition coefficient (Wildman–Crippen LogP) is -0.280. The molecule has 0 bridgehead atoms. The zero-order valence-electron chi connectivity index (χ0n) is 20.9.